The topological polar surface area (TPSA) is 30.5 Å². The van der Waals surface area contributed by atoms with Crippen LogP contribution in [0.15, 0.2) is 0 Å². The number of hydrogen-bond donors (Lipinski definition) is 1. The zero-order valence-corrected chi connectivity index (χ0v) is 12.2. The van der Waals surface area contributed by atoms with Gasteiger partial charge in [-0.05, 0) is 51.0 Å². The lowest BCUT2D eigenvalue weighted by molar-refractivity contribution is -0.0626. The highest BCUT2D eigenvalue weighted by atomic mass is 16.5. The van der Waals surface area contributed by atoms with Crippen molar-refractivity contribution >= 4 is 0 Å². The van der Waals surface area contributed by atoms with E-state index in [0.29, 0.717) is 6.10 Å². The molecule has 3 aliphatic rings. The van der Waals surface area contributed by atoms with Gasteiger partial charge in [0.05, 0.1) is 11.7 Å². The molecule has 1 aliphatic carbocycles. The van der Waals surface area contributed by atoms with Crippen LogP contribution in [-0.4, -0.2) is 38.0 Å². The summed E-state index contributed by atoms with van der Waals surface area (Å²) in [6.45, 7) is 4.11. The standard InChI is InChI=1S/C16H29NO2/c1-2-7-16(8-3-1)9-4-15(19-16)13-17-12-14-5-10-18-11-6-14/h14-15,17H,1-13H2. The van der Waals surface area contributed by atoms with Crippen LogP contribution in [0.4, 0.5) is 0 Å². The van der Waals surface area contributed by atoms with Gasteiger partial charge >= 0.3 is 0 Å². The van der Waals surface area contributed by atoms with Crippen LogP contribution in [0.1, 0.15) is 57.8 Å². The Balaban J connectivity index is 1.35. The molecule has 0 amide bonds. The van der Waals surface area contributed by atoms with Crippen LogP contribution in [0, 0.1) is 5.92 Å². The summed E-state index contributed by atoms with van der Waals surface area (Å²) in [5, 5.41) is 3.64. The van der Waals surface area contributed by atoms with Gasteiger partial charge in [-0.25, -0.2) is 0 Å². The molecular formula is C16H29NO2. The Morgan fingerprint density at radius 1 is 0.895 bits per heavy atom. The van der Waals surface area contributed by atoms with Crippen molar-refractivity contribution < 1.29 is 9.47 Å². The van der Waals surface area contributed by atoms with Crippen molar-refractivity contribution in [2.24, 2.45) is 5.92 Å². The zero-order valence-electron chi connectivity index (χ0n) is 12.2. The third-order valence-electron chi connectivity index (χ3n) is 5.25. The summed E-state index contributed by atoms with van der Waals surface area (Å²) in [6, 6.07) is 0. The predicted octanol–water partition coefficient (Wildman–Crippen LogP) is 2.88. The SMILES string of the molecule is C1CCC2(CC1)CCC(CNCC1CCOCC1)O2. The van der Waals surface area contributed by atoms with Crippen LogP contribution in [0.2, 0.25) is 0 Å². The fourth-order valence-corrected chi connectivity index (χ4v) is 4.00. The smallest absolute Gasteiger partial charge is 0.0708 e. The molecule has 2 heterocycles. The van der Waals surface area contributed by atoms with Crippen LogP contribution in [0.3, 0.4) is 0 Å². The van der Waals surface area contributed by atoms with Gasteiger partial charge in [0, 0.05) is 19.8 Å². The van der Waals surface area contributed by atoms with Gasteiger partial charge < -0.3 is 14.8 Å². The van der Waals surface area contributed by atoms with Gasteiger partial charge in [0.15, 0.2) is 0 Å². The minimum absolute atomic E-state index is 0.281. The quantitative estimate of drug-likeness (QED) is 0.849. The molecule has 1 N–H and O–H groups in total. The van der Waals surface area contributed by atoms with E-state index in [0.717, 1.165) is 32.2 Å². The summed E-state index contributed by atoms with van der Waals surface area (Å²) in [5.41, 5.74) is 0.281. The van der Waals surface area contributed by atoms with E-state index in [-0.39, 0.29) is 5.60 Å². The normalized spacial score (nSPS) is 31.9. The Kier molecular flexibility index (Phi) is 4.78. The summed E-state index contributed by atoms with van der Waals surface area (Å²) < 4.78 is 11.8. The average Bonchev–Trinajstić information content (AvgIpc) is 2.84. The highest BCUT2D eigenvalue weighted by molar-refractivity contribution is 4.91. The molecule has 3 rings (SSSR count). The monoisotopic (exact) mass is 267 g/mol. The van der Waals surface area contributed by atoms with Crippen molar-refractivity contribution in [1.29, 1.82) is 0 Å². The van der Waals surface area contributed by atoms with E-state index in [9.17, 15) is 0 Å². The first-order valence-corrected chi connectivity index (χ1v) is 8.33. The molecule has 0 bridgehead atoms. The van der Waals surface area contributed by atoms with Crippen molar-refractivity contribution in [3.05, 3.63) is 0 Å². The Hall–Kier alpha value is -0.120. The van der Waals surface area contributed by atoms with Crippen LogP contribution in [0.5, 0.6) is 0 Å². The minimum Gasteiger partial charge on any atom is -0.381 e. The third kappa shape index (κ3) is 3.71. The van der Waals surface area contributed by atoms with Crippen LogP contribution < -0.4 is 5.32 Å². The van der Waals surface area contributed by atoms with Gasteiger partial charge in [-0.1, -0.05) is 19.3 Å². The summed E-state index contributed by atoms with van der Waals surface area (Å²) in [6.07, 6.45) is 12.3. The highest BCUT2D eigenvalue weighted by Gasteiger charge is 2.40. The lowest BCUT2D eigenvalue weighted by Crippen LogP contribution is -2.36. The predicted molar refractivity (Wildman–Crippen MR) is 76.3 cm³/mol. The maximum Gasteiger partial charge on any atom is 0.0708 e. The second-order valence-electron chi connectivity index (χ2n) is 6.74. The molecule has 110 valence electrons. The highest BCUT2D eigenvalue weighted by Crippen LogP contribution is 2.41. The number of nitrogens with one attached hydrogen (secondary N) is 1. The second-order valence-corrected chi connectivity index (χ2v) is 6.74. The molecule has 2 aliphatic heterocycles. The molecule has 3 fully saturated rings. The molecule has 1 saturated carbocycles. The molecule has 0 aromatic heterocycles. The molecule has 0 aromatic carbocycles. The van der Waals surface area contributed by atoms with Gasteiger partial charge in [-0.2, -0.15) is 0 Å². The van der Waals surface area contributed by atoms with E-state index in [2.05, 4.69) is 5.32 Å². The van der Waals surface area contributed by atoms with Gasteiger partial charge in [0.25, 0.3) is 0 Å². The summed E-state index contributed by atoms with van der Waals surface area (Å²) >= 11 is 0. The Morgan fingerprint density at radius 3 is 2.47 bits per heavy atom. The summed E-state index contributed by atoms with van der Waals surface area (Å²) in [7, 11) is 0. The maximum atomic E-state index is 6.39. The fourth-order valence-electron chi connectivity index (χ4n) is 4.00. The average molecular weight is 267 g/mol. The summed E-state index contributed by atoms with van der Waals surface area (Å²) in [4.78, 5) is 0. The van der Waals surface area contributed by atoms with E-state index in [4.69, 9.17) is 9.47 Å². The second kappa shape index (κ2) is 6.55. The van der Waals surface area contributed by atoms with Crippen molar-refractivity contribution in [3.63, 3.8) is 0 Å². The van der Waals surface area contributed by atoms with Gasteiger partial charge in [-0.15, -0.1) is 0 Å². The first kappa shape index (κ1) is 13.8. The lowest BCUT2D eigenvalue weighted by atomic mass is 9.83. The first-order valence-electron chi connectivity index (χ1n) is 8.33. The van der Waals surface area contributed by atoms with Crippen LogP contribution in [-0.2, 0) is 9.47 Å². The molecule has 19 heavy (non-hydrogen) atoms. The number of hydrogen-bond acceptors (Lipinski definition) is 3. The van der Waals surface area contributed by atoms with Crippen molar-refractivity contribution in [3.8, 4) is 0 Å². The van der Waals surface area contributed by atoms with Crippen LogP contribution >= 0.6 is 0 Å². The van der Waals surface area contributed by atoms with E-state index in [1.165, 1.54) is 57.8 Å². The van der Waals surface area contributed by atoms with Crippen molar-refractivity contribution in [1.82, 2.24) is 5.32 Å². The largest absolute Gasteiger partial charge is 0.381 e. The molecule has 1 unspecified atom stereocenters. The molecule has 0 aromatic rings. The Morgan fingerprint density at radius 2 is 1.68 bits per heavy atom. The minimum atomic E-state index is 0.281. The van der Waals surface area contributed by atoms with Gasteiger partial charge in [0.2, 0.25) is 0 Å². The van der Waals surface area contributed by atoms with E-state index in [1.54, 1.807) is 0 Å². The van der Waals surface area contributed by atoms with E-state index >= 15 is 0 Å². The van der Waals surface area contributed by atoms with Crippen LogP contribution in [0.25, 0.3) is 0 Å². The maximum absolute atomic E-state index is 6.39. The first-order chi connectivity index (χ1) is 9.36. The van der Waals surface area contributed by atoms with E-state index in [1.807, 2.05) is 0 Å². The molecule has 1 atom stereocenters. The molecule has 3 nitrogen and oxygen atoms in total. The Labute approximate surface area is 117 Å². The zero-order chi connectivity index (χ0) is 13.0. The number of ether oxygens (including phenoxy) is 2. The molecule has 3 heteroatoms. The summed E-state index contributed by atoms with van der Waals surface area (Å²) in [5.74, 6) is 0.818. The van der Waals surface area contributed by atoms with Crippen molar-refractivity contribution in [2.75, 3.05) is 26.3 Å². The Bertz CT molecular complexity index is 270. The molecule has 2 saturated heterocycles. The van der Waals surface area contributed by atoms with Gasteiger partial charge in [-0.3, -0.25) is 0 Å². The molecule has 0 radical (unpaired) electrons. The van der Waals surface area contributed by atoms with E-state index < -0.39 is 0 Å². The molecule has 1 spiro atoms. The third-order valence-corrected chi connectivity index (χ3v) is 5.25. The number of rotatable bonds is 4. The molecular weight excluding hydrogens is 238 g/mol. The fraction of sp³-hybridized carbons (Fsp3) is 1.00. The van der Waals surface area contributed by atoms with Crippen molar-refractivity contribution in [2.45, 2.75) is 69.5 Å². The lowest BCUT2D eigenvalue weighted by Gasteiger charge is -2.33. The van der Waals surface area contributed by atoms with Gasteiger partial charge in [0.1, 0.15) is 0 Å².